The number of amides is 1. The third-order valence-corrected chi connectivity index (χ3v) is 3.60. The van der Waals surface area contributed by atoms with Crippen LogP contribution in [0.5, 0.6) is 0 Å². The molecular weight excluding hydrogens is 236 g/mol. The minimum absolute atomic E-state index is 0.108. The van der Waals surface area contributed by atoms with E-state index in [0.717, 1.165) is 0 Å². The summed E-state index contributed by atoms with van der Waals surface area (Å²) in [5.74, 6) is -1.43. The maximum Gasteiger partial charge on any atom is 0.326 e. The van der Waals surface area contributed by atoms with E-state index in [1.165, 1.54) is 12.0 Å². The Hall–Kier alpha value is -1.40. The van der Waals surface area contributed by atoms with Crippen LogP contribution in [0.1, 0.15) is 12.8 Å². The Morgan fingerprint density at radius 1 is 1.39 bits per heavy atom. The van der Waals surface area contributed by atoms with E-state index >= 15 is 0 Å². The van der Waals surface area contributed by atoms with Crippen molar-refractivity contribution in [2.24, 2.45) is 11.7 Å². The second kappa shape index (κ2) is 5.07. The number of nitrogens with two attached hydrogens (primary N) is 1. The zero-order chi connectivity index (χ0) is 13.3. The number of carbonyl (C=O) groups is 2. The molecule has 0 aromatic carbocycles. The first-order valence-corrected chi connectivity index (χ1v) is 6.03. The lowest BCUT2D eigenvalue weighted by Crippen LogP contribution is -2.43. The fraction of sp³-hybridized carbons (Fsp3) is 0.667. The molecule has 2 rings (SSSR count). The van der Waals surface area contributed by atoms with Gasteiger partial charge in [-0.3, -0.25) is 4.79 Å². The molecule has 0 aromatic heterocycles. The number of likely N-dealkylation sites (tertiary alicyclic amines) is 1. The summed E-state index contributed by atoms with van der Waals surface area (Å²) in [7, 11) is 1.53. The second-order valence-corrected chi connectivity index (χ2v) is 4.83. The minimum Gasteiger partial charge on any atom is -0.480 e. The topological polar surface area (TPSA) is 92.9 Å². The van der Waals surface area contributed by atoms with Gasteiger partial charge in [-0.15, -0.1) is 0 Å². The molecule has 1 aliphatic heterocycles. The number of aliphatic carboxylic acids is 1. The van der Waals surface area contributed by atoms with Gasteiger partial charge in [-0.1, -0.05) is 12.2 Å². The van der Waals surface area contributed by atoms with Gasteiger partial charge >= 0.3 is 5.97 Å². The maximum atomic E-state index is 12.3. The molecule has 18 heavy (non-hydrogen) atoms. The molecule has 1 fully saturated rings. The summed E-state index contributed by atoms with van der Waals surface area (Å²) < 4.78 is 5.16. The third kappa shape index (κ3) is 2.39. The average molecular weight is 254 g/mol. The van der Waals surface area contributed by atoms with Gasteiger partial charge in [-0.2, -0.15) is 0 Å². The summed E-state index contributed by atoms with van der Waals surface area (Å²) >= 11 is 0. The predicted octanol–water partition coefficient (Wildman–Crippen LogP) is -0.410. The molecule has 6 heteroatoms. The van der Waals surface area contributed by atoms with Gasteiger partial charge in [0.05, 0.1) is 12.0 Å². The average Bonchev–Trinajstić information content (AvgIpc) is 2.93. The molecule has 1 aliphatic carbocycles. The van der Waals surface area contributed by atoms with Crippen LogP contribution in [0.3, 0.4) is 0 Å². The van der Waals surface area contributed by atoms with Crippen LogP contribution >= 0.6 is 0 Å². The quantitative estimate of drug-likeness (QED) is 0.668. The Labute approximate surface area is 105 Å². The Morgan fingerprint density at radius 2 is 2.11 bits per heavy atom. The van der Waals surface area contributed by atoms with Crippen LogP contribution in [0.15, 0.2) is 12.2 Å². The molecule has 0 radical (unpaired) electrons. The Kier molecular flexibility index (Phi) is 3.68. The van der Waals surface area contributed by atoms with Crippen molar-refractivity contribution in [1.82, 2.24) is 4.90 Å². The van der Waals surface area contributed by atoms with Gasteiger partial charge in [0.25, 0.3) is 0 Å². The zero-order valence-electron chi connectivity index (χ0n) is 10.3. The highest BCUT2D eigenvalue weighted by atomic mass is 16.5. The fourth-order valence-electron chi connectivity index (χ4n) is 2.57. The highest BCUT2D eigenvalue weighted by Crippen LogP contribution is 2.26. The molecule has 1 saturated heterocycles. The second-order valence-electron chi connectivity index (χ2n) is 4.83. The summed E-state index contributed by atoms with van der Waals surface area (Å²) in [4.78, 5) is 24.8. The van der Waals surface area contributed by atoms with Gasteiger partial charge in [0.1, 0.15) is 6.04 Å². The van der Waals surface area contributed by atoms with E-state index in [4.69, 9.17) is 15.6 Å². The molecule has 4 atom stereocenters. The van der Waals surface area contributed by atoms with Gasteiger partial charge in [0, 0.05) is 26.1 Å². The highest BCUT2D eigenvalue weighted by Gasteiger charge is 2.42. The first kappa shape index (κ1) is 13.0. The molecule has 0 saturated carbocycles. The minimum atomic E-state index is -0.978. The van der Waals surface area contributed by atoms with Crippen LogP contribution in [0.4, 0.5) is 0 Å². The first-order valence-electron chi connectivity index (χ1n) is 6.03. The van der Waals surface area contributed by atoms with E-state index in [1.807, 2.05) is 0 Å². The highest BCUT2D eigenvalue weighted by molar-refractivity contribution is 5.87. The summed E-state index contributed by atoms with van der Waals surface area (Å²) in [5.41, 5.74) is 5.71. The number of carboxylic acid groups (broad SMARTS) is 1. The van der Waals surface area contributed by atoms with Crippen molar-refractivity contribution in [3.8, 4) is 0 Å². The van der Waals surface area contributed by atoms with Crippen molar-refractivity contribution < 1.29 is 19.4 Å². The SMILES string of the molecule is COC1CC(C(=O)O)N(C(=O)C2C=CC(N)C2)C1. The number of nitrogens with zero attached hydrogens (tertiary/aromatic N) is 1. The Morgan fingerprint density at radius 3 is 2.61 bits per heavy atom. The number of carbonyl (C=O) groups excluding carboxylic acids is 1. The molecule has 0 aromatic rings. The standard InChI is InChI=1S/C12H18N2O4/c1-18-9-5-10(12(16)17)14(6-9)11(15)7-2-3-8(13)4-7/h2-3,7-10H,4-6,13H2,1H3,(H,16,17). The van der Waals surface area contributed by atoms with Gasteiger partial charge in [-0.05, 0) is 6.42 Å². The molecule has 3 N–H and O–H groups in total. The Bertz CT molecular complexity index is 382. The van der Waals surface area contributed by atoms with Crippen LogP contribution in [-0.2, 0) is 14.3 Å². The van der Waals surface area contributed by atoms with Crippen molar-refractivity contribution in [3.63, 3.8) is 0 Å². The van der Waals surface area contributed by atoms with Crippen LogP contribution in [0, 0.1) is 5.92 Å². The van der Waals surface area contributed by atoms with E-state index in [1.54, 1.807) is 12.2 Å². The summed E-state index contributed by atoms with van der Waals surface area (Å²) in [5, 5.41) is 9.15. The summed E-state index contributed by atoms with van der Waals surface area (Å²) in [6.07, 6.45) is 4.27. The Balaban J connectivity index is 2.08. The molecule has 0 bridgehead atoms. The normalized spacial score (nSPS) is 35.1. The van der Waals surface area contributed by atoms with E-state index in [0.29, 0.717) is 19.4 Å². The predicted molar refractivity (Wildman–Crippen MR) is 63.8 cm³/mol. The van der Waals surface area contributed by atoms with E-state index in [2.05, 4.69) is 0 Å². The van der Waals surface area contributed by atoms with Crippen molar-refractivity contribution in [2.45, 2.75) is 31.0 Å². The molecule has 0 spiro atoms. The maximum absolute atomic E-state index is 12.3. The number of rotatable bonds is 3. The van der Waals surface area contributed by atoms with Crippen molar-refractivity contribution in [3.05, 3.63) is 12.2 Å². The lowest BCUT2D eigenvalue weighted by molar-refractivity contribution is -0.149. The molecule has 2 aliphatic rings. The monoisotopic (exact) mass is 254 g/mol. The molecule has 100 valence electrons. The lowest BCUT2D eigenvalue weighted by Gasteiger charge is -2.24. The first-order chi connectivity index (χ1) is 8.52. The lowest BCUT2D eigenvalue weighted by atomic mass is 10.1. The zero-order valence-corrected chi connectivity index (χ0v) is 10.3. The van der Waals surface area contributed by atoms with Gasteiger partial charge in [0.15, 0.2) is 0 Å². The molecular formula is C12H18N2O4. The van der Waals surface area contributed by atoms with Crippen molar-refractivity contribution >= 4 is 11.9 Å². The molecule has 1 amide bonds. The fourth-order valence-corrected chi connectivity index (χ4v) is 2.57. The van der Waals surface area contributed by atoms with Crippen molar-refractivity contribution in [1.29, 1.82) is 0 Å². The van der Waals surface area contributed by atoms with Gasteiger partial charge in [0.2, 0.25) is 5.91 Å². The van der Waals surface area contributed by atoms with E-state index < -0.39 is 12.0 Å². The smallest absolute Gasteiger partial charge is 0.326 e. The summed E-state index contributed by atoms with van der Waals surface area (Å²) in [6.45, 7) is 0.339. The van der Waals surface area contributed by atoms with Crippen LogP contribution < -0.4 is 5.73 Å². The van der Waals surface area contributed by atoms with E-state index in [-0.39, 0.29) is 24.0 Å². The third-order valence-electron chi connectivity index (χ3n) is 3.60. The van der Waals surface area contributed by atoms with Gasteiger partial charge in [-0.25, -0.2) is 4.79 Å². The van der Waals surface area contributed by atoms with Crippen LogP contribution in [0.25, 0.3) is 0 Å². The number of ether oxygens (including phenoxy) is 1. The molecule has 1 heterocycles. The van der Waals surface area contributed by atoms with Crippen molar-refractivity contribution in [2.75, 3.05) is 13.7 Å². The number of carboxylic acids is 1. The van der Waals surface area contributed by atoms with Crippen LogP contribution in [0.2, 0.25) is 0 Å². The molecule has 6 nitrogen and oxygen atoms in total. The largest absolute Gasteiger partial charge is 0.480 e. The van der Waals surface area contributed by atoms with Crippen LogP contribution in [-0.4, -0.2) is 53.7 Å². The van der Waals surface area contributed by atoms with E-state index in [9.17, 15) is 9.59 Å². The number of hydrogen-bond acceptors (Lipinski definition) is 4. The molecule has 4 unspecified atom stereocenters. The number of hydrogen-bond donors (Lipinski definition) is 2. The van der Waals surface area contributed by atoms with Gasteiger partial charge < -0.3 is 20.5 Å². The summed E-state index contributed by atoms with van der Waals surface area (Å²) in [6, 6.07) is -0.893. The number of methoxy groups -OCH3 is 1.